The van der Waals surface area contributed by atoms with Crippen LogP contribution < -0.4 is 4.90 Å². The zero-order chi connectivity index (χ0) is 27.2. The number of rotatable bonds is 7. The number of nitrogens with zero attached hydrogens (tertiary/aromatic N) is 3. The Morgan fingerprint density at radius 1 is 1.08 bits per heavy atom. The number of anilines is 1. The molecule has 1 saturated heterocycles. The van der Waals surface area contributed by atoms with Crippen LogP contribution in [0.25, 0.3) is 22.6 Å². The quantitative estimate of drug-likeness (QED) is 0.255. The number of fused-ring (bicyclic) bond motifs is 1. The molecule has 196 valence electrons. The Hall–Kier alpha value is -3.24. The molecule has 4 aromatic rings. The van der Waals surface area contributed by atoms with Crippen LogP contribution in [0.3, 0.4) is 0 Å². The van der Waals surface area contributed by atoms with Crippen LogP contribution in [0.4, 0.5) is 5.69 Å². The van der Waals surface area contributed by atoms with Crippen molar-refractivity contribution in [1.29, 1.82) is 0 Å². The lowest BCUT2D eigenvalue weighted by Crippen LogP contribution is -2.49. The minimum Gasteiger partial charge on any atom is -0.436 e. The number of hydrogen-bond acceptors (Lipinski definition) is 6. The molecule has 2 unspecified atom stereocenters. The standard InChI is InChI=1S/C27H23Cl2N3O5S/c1-3-16(2)32(38(35,36)24-14-18(28)10-13-20(24)29)22-15-25(33)31(27(22)34)19-11-8-17(9-12-19)26-30-21-6-4-5-7-23(21)37-26/h4-14,16,22H,3,15H2,1-2H3. The van der Waals surface area contributed by atoms with E-state index in [9.17, 15) is 18.0 Å². The fourth-order valence-electron chi connectivity index (χ4n) is 4.51. The summed E-state index contributed by atoms with van der Waals surface area (Å²) in [6.45, 7) is 3.49. The summed E-state index contributed by atoms with van der Waals surface area (Å²) in [6.07, 6.45) is 0.113. The molecule has 0 spiro atoms. The van der Waals surface area contributed by atoms with Gasteiger partial charge in [0.2, 0.25) is 21.8 Å². The minimum atomic E-state index is -4.27. The van der Waals surface area contributed by atoms with Gasteiger partial charge >= 0.3 is 0 Å². The highest BCUT2D eigenvalue weighted by Crippen LogP contribution is 2.35. The lowest BCUT2D eigenvalue weighted by Gasteiger charge is -2.32. The Labute approximate surface area is 229 Å². The van der Waals surface area contributed by atoms with E-state index >= 15 is 0 Å². The van der Waals surface area contributed by atoms with Gasteiger partial charge in [-0.2, -0.15) is 4.31 Å². The van der Waals surface area contributed by atoms with Crippen molar-refractivity contribution < 1.29 is 22.4 Å². The fourth-order valence-corrected chi connectivity index (χ4v) is 7.10. The van der Waals surface area contributed by atoms with Crippen molar-refractivity contribution >= 4 is 61.8 Å². The molecule has 38 heavy (non-hydrogen) atoms. The number of carbonyl (C=O) groups excluding carboxylic acids is 2. The second kappa shape index (κ2) is 10.1. The molecule has 0 bridgehead atoms. The molecule has 1 aromatic heterocycles. The van der Waals surface area contributed by atoms with Gasteiger partial charge in [0, 0.05) is 16.6 Å². The molecule has 0 N–H and O–H groups in total. The molecule has 2 atom stereocenters. The summed E-state index contributed by atoms with van der Waals surface area (Å²) in [5.41, 5.74) is 2.35. The van der Waals surface area contributed by atoms with Gasteiger partial charge in [-0.15, -0.1) is 0 Å². The molecule has 2 heterocycles. The monoisotopic (exact) mass is 571 g/mol. The van der Waals surface area contributed by atoms with Crippen LogP contribution >= 0.6 is 23.2 Å². The van der Waals surface area contributed by atoms with Gasteiger partial charge in [-0.25, -0.2) is 18.3 Å². The largest absolute Gasteiger partial charge is 0.436 e. The first-order chi connectivity index (χ1) is 18.1. The van der Waals surface area contributed by atoms with Crippen LogP contribution in [0.2, 0.25) is 10.0 Å². The average Bonchev–Trinajstić information content (AvgIpc) is 3.46. The number of imide groups is 1. The number of aromatic nitrogens is 1. The molecule has 2 amide bonds. The summed E-state index contributed by atoms with van der Waals surface area (Å²) in [7, 11) is -4.27. The summed E-state index contributed by atoms with van der Waals surface area (Å²) >= 11 is 12.3. The summed E-state index contributed by atoms with van der Waals surface area (Å²) in [6, 6.07) is 16.3. The molecule has 0 saturated carbocycles. The average molecular weight is 572 g/mol. The van der Waals surface area contributed by atoms with E-state index < -0.39 is 33.9 Å². The maximum Gasteiger partial charge on any atom is 0.252 e. The molecule has 1 aliphatic rings. The van der Waals surface area contributed by atoms with Gasteiger partial charge in [0.25, 0.3) is 5.91 Å². The highest BCUT2D eigenvalue weighted by atomic mass is 35.5. The van der Waals surface area contributed by atoms with Crippen LogP contribution in [0.5, 0.6) is 0 Å². The fraction of sp³-hybridized carbons (Fsp3) is 0.222. The number of oxazole rings is 1. The van der Waals surface area contributed by atoms with Gasteiger partial charge in [0.05, 0.1) is 17.1 Å². The van der Waals surface area contributed by atoms with Crippen molar-refractivity contribution in [2.24, 2.45) is 0 Å². The molecular weight excluding hydrogens is 549 g/mol. The van der Waals surface area contributed by atoms with Gasteiger partial charge in [-0.1, -0.05) is 42.3 Å². The lowest BCUT2D eigenvalue weighted by atomic mass is 10.2. The Bertz CT molecular complexity index is 1620. The van der Waals surface area contributed by atoms with E-state index in [1.54, 1.807) is 38.1 Å². The molecule has 1 aliphatic heterocycles. The Kier molecular flexibility index (Phi) is 7.04. The second-order valence-electron chi connectivity index (χ2n) is 8.99. The van der Waals surface area contributed by atoms with E-state index in [0.717, 1.165) is 9.21 Å². The minimum absolute atomic E-state index is 0.0221. The van der Waals surface area contributed by atoms with E-state index in [1.807, 2.05) is 24.3 Å². The lowest BCUT2D eigenvalue weighted by molar-refractivity contribution is -0.122. The predicted molar refractivity (Wildman–Crippen MR) is 146 cm³/mol. The van der Waals surface area contributed by atoms with Crippen LogP contribution in [-0.4, -0.2) is 41.6 Å². The summed E-state index contributed by atoms with van der Waals surface area (Å²) in [5.74, 6) is -0.732. The third-order valence-corrected chi connectivity index (χ3v) is 9.31. The Balaban J connectivity index is 1.47. The van der Waals surface area contributed by atoms with Crippen molar-refractivity contribution in [3.63, 3.8) is 0 Å². The van der Waals surface area contributed by atoms with E-state index in [4.69, 9.17) is 27.6 Å². The maximum atomic E-state index is 13.7. The first-order valence-corrected chi connectivity index (χ1v) is 14.1. The number of para-hydroxylation sites is 2. The van der Waals surface area contributed by atoms with E-state index in [0.29, 0.717) is 34.7 Å². The van der Waals surface area contributed by atoms with E-state index in [1.165, 1.54) is 18.2 Å². The van der Waals surface area contributed by atoms with Gasteiger partial charge in [0.15, 0.2) is 5.58 Å². The Morgan fingerprint density at radius 3 is 2.47 bits per heavy atom. The molecule has 5 rings (SSSR count). The van der Waals surface area contributed by atoms with Crippen LogP contribution in [0.15, 0.2) is 76.0 Å². The van der Waals surface area contributed by atoms with Gasteiger partial charge in [-0.3, -0.25) is 9.59 Å². The highest BCUT2D eigenvalue weighted by Gasteiger charge is 2.48. The number of sulfonamides is 1. The van der Waals surface area contributed by atoms with Crippen molar-refractivity contribution in [2.45, 2.75) is 43.7 Å². The molecule has 11 heteroatoms. The zero-order valence-corrected chi connectivity index (χ0v) is 22.8. The van der Waals surface area contributed by atoms with Gasteiger partial charge < -0.3 is 4.42 Å². The SMILES string of the molecule is CCC(C)N(C1CC(=O)N(c2ccc(-c3nc4ccccc4o3)cc2)C1=O)S(=O)(=O)c1cc(Cl)ccc1Cl. The van der Waals surface area contributed by atoms with Crippen molar-refractivity contribution in [3.8, 4) is 11.5 Å². The summed E-state index contributed by atoms with van der Waals surface area (Å²) in [4.78, 5) is 31.9. The Morgan fingerprint density at radius 2 is 1.79 bits per heavy atom. The molecule has 0 radical (unpaired) electrons. The van der Waals surface area contributed by atoms with Crippen LogP contribution in [0, 0.1) is 0 Å². The third-order valence-electron chi connectivity index (χ3n) is 6.57. The van der Waals surface area contributed by atoms with Crippen molar-refractivity contribution in [3.05, 3.63) is 76.8 Å². The second-order valence-corrected chi connectivity index (χ2v) is 11.6. The maximum absolute atomic E-state index is 13.7. The molecule has 3 aromatic carbocycles. The first-order valence-electron chi connectivity index (χ1n) is 11.9. The molecular formula is C27H23Cl2N3O5S. The van der Waals surface area contributed by atoms with Crippen molar-refractivity contribution in [1.82, 2.24) is 9.29 Å². The van der Waals surface area contributed by atoms with Gasteiger partial charge in [0.1, 0.15) is 16.5 Å². The van der Waals surface area contributed by atoms with Crippen molar-refractivity contribution in [2.75, 3.05) is 4.90 Å². The van der Waals surface area contributed by atoms with Crippen LogP contribution in [-0.2, 0) is 19.6 Å². The number of carbonyl (C=O) groups is 2. The first kappa shape index (κ1) is 26.4. The summed E-state index contributed by atoms with van der Waals surface area (Å²) in [5, 5.41) is 0.165. The number of amides is 2. The smallest absolute Gasteiger partial charge is 0.252 e. The van der Waals surface area contributed by atoms with E-state index in [2.05, 4.69) is 4.98 Å². The van der Waals surface area contributed by atoms with E-state index in [-0.39, 0.29) is 21.4 Å². The summed E-state index contributed by atoms with van der Waals surface area (Å²) < 4.78 is 34.4. The molecule has 0 aliphatic carbocycles. The topological polar surface area (TPSA) is 101 Å². The highest BCUT2D eigenvalue weighted by molar-refractivity contribution is 7.89. The molecule has 1 fully saturated rings. The third kappa shape index (κ3) is 4.60. The zero-order valence-electron chi connectivity index (χ0n) is 20.5. The molecule has 8 nitrogen and oxygen atoms in total. The number of hydrogen-bond donors (Lipinski definition) is 0. The number of halogens is 2. The van der Waals surface area contributed by atoms with Gasteiger partial charge in [-0.05, 0) is 67.9 Å². The predicted octanol–water partition coefficient (Wildman–Crippen LogP) is 5.92. The van der Waals surface area contributed by atoms with Crippen LogP contribution in [0.1, 0.15) is 26.7 Å². The number of benzene rings is 3. The normalized spacial score (nSPS) is 17.1.